The molecule has 2 aromatic rings. The number of benzene rings is 1. The van der Waals surface area contributed by atoms with E-state index < -0.39 is 12.1 Å². The van der Waals surface area contributed by atoms with Gasteiger partial charge in [-0.05, 0) is 32.4 Å². The van der Waals surface area contributed by atoms with Gasteiger partial charge in [0.05, 0.1) is 6.61 Å². The molecule has 0 saturated carbocycles. The van der Waals surface area contributed by atoms with Crippen LogP contribution in [0.2, 0.25) is 0 Å². The molecule has 2 N–H and O–H groups in total. The summed E-state index contributed by atoms with van der Waals surface area (Å²) in [4.78, 5) is 11.2. The van der Waals surface area contributed by atoms with E-state index in [-0.39, 0.29) is 6.61 Å². The molecule has 0 unspecified atom stereocenters. The van der Waals surface area contributed by atoms with Gasteiger partial charge in [0.1, 0.15) is 11.3 Å². The first-order chi connectivity index (χ1) is 11.7. The highest BCUT2D eigenvalue weighted by Gasteiger charge is 2.38. The molecule has 0 aliphatic carbocycles. The van der Waals surface area contributed by atoms with Gasteiger partial charge in [-0.25, -0.2) is 4.79 Å². The number of aliphatic hydroxyl groups excluding tert-OH is 1. The molecule has 0 amide bonds. The maximum Gasteiger partial charge on any atom is 0.490 e. The highest BCUT2D eigenvalue weighted by Crippen LogP contribution is 2.26. The zero-order valence-corrected chi connectivity index (χ0v) is 13.7. The van der Waals surface area contributed by atoms with Crippen LogP contribution in [0.3, 0.4) is 0 Å². The van der Waals surface area contributed by atoms with Crippen LogP contribution in [0.4, 0.5) is 13.2 Å². The van der Waals surface area contributed by atoms with E-state index >= 15 is 0 Å². The third kappa shape index (κ3) is 4.96. The number of hydrogen-bond donors (Lipinski definition) is 2. The van der Waals surface area contributed by atoms with E-state index in [1.165, 1.54) is 17.4 Å². The molecule has 1 atom stereocenters. The van der Waals surface area contributed by atoms with E-state index in [4.69, 9.17) is 14.3 Å². The third-order valence-corrected chi connectivity index (χ3v) is 4.07. The lowest BCUT2D eigenvalue weighted by Crippen LogP contribution is -2.31. The number of fused-ring (bicyclic) bond motifs is 1. The lowest BCUT2D eigenvalue weighted by Gasteiger charge is -2.22. The lowest BCUT2D eigenvalue weighted by atomic mass is 10.1. The second-order valence-electron chi connectivity index (χ2n) is 5.94. The molecule has 138 valence electrons. The quantitative estimate of drug-likeness (QED) is 0.879. The second kappa shape index (κ2) is 7.88. The topological polar surface area (TPSA) is 73.9 Å². The number of nitrogens with zero attached hydrogens (tertiary/aromatic N) is 1. The number of alkyl halides is 3. The van der Waals surface area contributed by atoms with E-state index in [1.54, 1.807) is 0 Å². The summed E-state index contributed by atoms with van der Waals surface area (Å²) in [6.45, 7) is 4.18. The summed E-state index contributed by atoms with van der Waals surface area (Å²) in [5.41, 5.74) is 2.22. The number of para-hydroxylation sites is 1. The smallest absolute Gasteiger partial charge is 0.475 e. The first kappa shape index (κ1) is 19.3. The molecule has 1 aromatic carbocycles. The van der Waals surface area contributed by atoms with Gasteiger partial charge in [0.2, 0.25) is 0 Å². The minimum Gasteiger partial charge on any atom is -0.475 e. The Kier molecular flexibility index (Phi) is 6.07. The number of rotatable bonds is 3. The molecule has 0 spiro atoms. The zero-order valence-electron chi connectivity index (χ0n) is 13.7. The summed E-state index contributed by atoms with van der Waals surface area (Å²) in [6.07, 6.45) is -2.80. The van der Waals surface area contributed by atoms with Crippen LogP contribution in [-0.4, -0.2) is 46.5 Å². The second-order valence-corrected chi connectivity index (χ2v) is 5.94. The van der Waals surface area contributed by atoms with Crippen molar-refractivity contribution in [3.8, 4) is 0 Å². The van der Waals surface area contributed by atoms with Crippen LogP contribution in [0, 0.1) is 6.92 Å². The van der Waals surface area contributed by atoms with E-state index in [0.29, 0.717) is 6.04 Å². The van der Waals surface area contributed by atoms with Gasteiger partial charge in [-0.1, -0.05) is 18.2 Å². The van der Waals surface area contributed by atoms with E-state index in [1.807, 2.05) is 6.92 Å². The van der Waals surface area contributed by atoms with Crippen molar-refractivity contribution in [2.45, 2.75) is 38.5 Å². The van der Waals surface area contributed by atoms with Crippen LogP contribution in [0.25, 0.3) is 11.0 Å². The Balaban J connectivity index is 0.000000277. The zero-order chi connectivity index (χ0) is 18.6. The number of aryl methyl sites for hydroxylation is 1. The van der Waals surface area contributed by atoms with Gasteiger partial charge in [0.25, 0.3) is 0 Å². The SMILES string of the molecule is Cc1cc2cccc(CN3CCC[C@H]3CO)c2o1.O=C(O)C(F)(F)F. The summed E-state index contributed by atoms with van der Waals surface area (Å²) >= 11 is 0. The first-order valence-corrected chi connectivity index (χ1v) is 7.85. The van der Waals surface area contributed by atoms with Crippen molar-refractivity contribution in [1.29, 1.82) is 0 Å². The molecule has 1 aromatic heterocycles. The van der Waals surface area contributed by atoms with E-state index in [9.17, 15) is 18.3 Å². The van der Waals surface area contributed by atoms with Crippen molar-refractivity contribution in [3.63, 3.8) is 0 Å². The van der Waals surface area contributed by atoms with E-state index in [0.717, 1.165) is 30.9 Å². The number of aliphatic hydroxyl groups is 1. The number of aliphatic carboxylic acids is 1. The average molecular weight is 359 g/mol. The molecule has 25 heavy (non-hydrogen) atoms. The fourth-order valence-electron chi connectivity index (χ4n) is 2.91. The number of hydrogen-bond acceptors (Lipinski definition) is 4. The highest BCUT2D eigenvalue weighted by molar-refractivity contribution is 5.81. The molecule has 1 fully saturated rings. The predicted molar refractivity (Wildman–Crippen MR) is 85.2 cm³/mol. The van der Waals surface area contributed by atoms with E-state index in [2.05, 4.69) is 29.2 Å². The highest BCUT2D eigenvalue weighted by atomic mass is 19.4. The van der Waals surface area contributed by atoms with Crippen LogP contribution >= 0.6 is 0 Å². The first-order valence-electron chi connectivity index (χ1n) is 7.85. The van der Waals surface area contributed by atoms with Gasteiger partial charge >= 0.3 is 12.1 Å². The van der Waals surface area contributed by atoms with Gasteiger partial charge < -0.3 is 14.6 Å². The standard InChI is InChI=1S/C15H19NO2.C2HF3O2/c1-11-8-12-4-2-5-13(15(12)18-11)9-16-7-3-6-14(16)10-17;3-2(4,5)1(6)7/h2,4-5,8,14,17H,3,6-7,9-10H2,1H3;(H,6,7)/t14-;/m0./s1. The molecule has 0 bridgehead atoms. The van der Waals surface area contributed by atoms with Crippen LogP contribution in [-0.2, 0) is 11.3 Å². The van der Waals surface area contributed by atoms with Gasteiger partial charge in [-0.3, -0.25) is 4.90 Å². The lowest BCUT2D eigenvalue weighted by molar-refractivity contribution is -0.192. The Morgan fingerprint density at radius 3 is 2.68 bits per heavy atom. The molecule has 1 aliphatic rings. The number of halogens is 3. The van der Waals surface area contributed by atoms with Gasteiger partial charge in [0, 0.05) is 23.5 Å². The minimum absolute atomic E-state index is 0.257. The molecule has 5 nitrogen and oxygen atoms in total. The average Bonchev–Trinajstić information content (AvgIpc) is 3.12. The summed E-state index contributed by atoms with van der Waals surface area (Å²) in [7, 11) is 0. The van der Waals surface area contributed by atoms with Crippen molar-refractivity contribution >= 4 is 16.9 Å². The van der Waals surface area contributed by atoms with Gasteiger partial charge in [-0.2, -0.15) is 13.2 Å². The molecule has 2 heterocycles. The Bertz CT molecular complexity index is 726. The van der Waals surface area contributed by atoms with Crippen molar-refractivity contribution in [2.24, 2.45) is 0 Å². The summed E-state index contributed by atoms with van der Waals surface area (Å²) in [5.74, 6) is -1.80. The molecule has 3 rings (SSSR count). The van der Waals surface area contributed by atoms with Crippen LogP contribution in [0.15, 0.2) is 28.7 Å². The maximum absolute atomic E-state index is 10.6. The van der Waals surface area contributed by atoms with Crippen molar-refractivity contribution in [2.75, 3.05) is 13.2 Å². The Morgan fingerprint density at radius 2 is 2.08 bits per heavy atom. The molecule has 1 aliphatic heterocycles. The number of carbonyl (C=O) groups is 1. The van der Waals surface area contributed by atoms with Crippen LogP contribution < -0.4 is 0 Å². The monoisotopic (exact) mass is 359 g/mol. The molecular formula is C17H20F3NO4. The van der Waals surface area contributed by atoms with Crippen molar-refractivity contribution in [3.05, 3.63) is 35.6 Å². The molecule has 8 heteroatoms. The van der Waals surface area contributed by atoms with Crippen LogP contribution in [0.1, 0.15) is 24.2 Å². The van der Waals surface area contributed by atoms with Gasteiger partial charge in [0.15, 0.2) is 0 Å². The number of likely N-dealkylation sites (tertiary alicyclic amines) is 1. The summed E-state index contributed by atoms with van der Waals surface area (Å²) in [6, 6.07) is 8.68. The summed E-state index contributed by atoms with van der Waals surface area (Å²) in [5, 5.41) is 17.7. The molecular weight excluding hydrogens is 339 g/mol. The molecule has 0 radical (unpaired) electrons. The minimum atomic E-state index is -5.08. The third-order valence-electron chi connectivity index (χ3n) is 4.07. The number of furan rings is 1. The fourth-order valence-corrected chi connectivity index (χ4v) is 2.91. The molecule has 1 saturated heterocycles. The van der Waals surface area contributed by atoms with Crippen LogP contribution in [0.5, 0.6) is 0 Å². The Hall–Kier alpha value is -2.06. The van der Waals surface area contributed by atoms with Crippen molar-refractivity contribution < 1.29 is 32.6 Å². The number of carboxylic acid groups (broad SMARTS) is 1. The van der Waals surface area contributed by atoms with Gasteiger partial charge in [-0.15, -0.1) is 0 Å². The Morgan fingerprint density at radius 1 is 1.40 bits per heavy atom. The Labute approximate surface area is 142 Å². The fraction of sp³-hybridized carbons (Fsp3) is 0.471. The van der Waals surface area contributed by atoms with Crippen molar-refractivity contribution in [1.82, 2.24) is 4.90 Å². The number of carboxylic acids is 1. The predicted octanol–water partition coefficient (Wildman–Crippen LogP) is 3.33. The maximum atomic E-state index is 10.6. The summed E-state index contributed by atoms with van der Waals surface area (Å²) < 4.78 is 37.5. The largest absolute Gasteiger partial charge is 0.490 e. The normalized spacial score (nSPS) is 18.2.